The van der Waals surface area contributed by atoms with Crippen LogP contribution in [0.3, 0.4) is 0 Å². The van der Waals surface area contributed by atoms with Gasteiger partial charge in [0.05, 0.1) is 11.5 Å². The number of piperidine rings is 1. The number of esters is 2. The molecule has 1 aliphatic heterocycles. The van der Waals surface area contributed by atoms with Gasteiger partial charge in [0.25, 0.3) is 0 Å². The van der Waals surface area contributed by atoms with E-state index >= 15 is 0 Å². The van der Waals surface area contributed by atoms with Crippen LogP contribution in [0.5, 0.6) is 0 Å². The second-order valence-corrected chi connectivity index (χ2v) is 5.27. The Bertz CT molecular complexity index is 277. The van der Waals surface area contributed by atoms with Crippen LogP contribution in [0.15, 0.2) is 0 Å². The van der Waals surface area contributed by atoms with Gasteiger partial charge in [0.2, 0.25) is 0 Å². The van der Waals surface area contributed by atoms with Crippen molar-refractivity contribution in [3.05, 3.63) is 0 Å². The summed E-state index contributed by atoms with van der Waals surface area (Å²) >= 11 is 0. The molecule has 1 saturated heterocycles. The Kier molecular flexibility index (Phi) is 5.08. The van der Waals surface area contributed by atoms with Crippen molar-refractivity contribution in [3.63, 3.8) is 0 Å². The van der Waals surface area contributed by atoms with Crippen molar-refractivity contribution >= 4 is 11.9 Å². The molecule has 98 valence electrons. The van der Waals surface area contributed by atoms with Gasteiger partial charge in [-0.1, -0.05) is 0 Å². The van der Waals surface area contributed by atoms with Crippen LogP contribution in [0.4, 0.5) is 0 Å². The summed E-state index contributed by atoms with van der Waals surface area (Å²) in [7, 11) is 0. The van der Waals surface area contributed by atoms with Gasteiger partial charge >= 0.3 is 11.9 Å². The Morgan fingerprint density at radius 2 is 1.82 bits per heavy atom. The smallest absolute Gasteiger partial charge is 0.339 e. The van der Waals surface area contributed by atoms with Gasteiger partial charge in [0, 0.05) is 0 Å². The highest BCUT2D eigenvalue weighted by molar-refractivity contribution is 5.88. The summed E-state index contributed by atoms with van der Waals surface area (Å²) in [5, 5.41) is 3.20. The number of rotatable bonds is 3. The molecule has 1 N–H and O–H groups in total. The van der Waals surface area contributed by atoms with E-state index in [-0.39, 0.29) is 12.7 Å². The average Bonchev–Trinajstić information content (AvgIpc) is 2.26. The summed E-state index contributed by atoms with van der Waals surface area (Å²) in [5.41, 5.74) is -0.662. The fraction of sp³-hybridized carbons (Fsp3) is 0.833. The van der Waals surface area contributed by atoms with Crippen molar-refractivity contribution < 1.29 is 19.1 Å². The molecular formula is C12H21NO4. The fourth-order valence-corrected chi connectivity index (χ4v) is 1.43. The zero-order chi connectivity index (χ0) is 12.9. The number of ether oxygens (including phenoxy) is 2. The van der Waals surface area contributed by atoms with E-state index in [1.807, 2.05) is 0 Å². The van der Waals surface area contributed by atoms with Crippen LogP contribution in [0.2, 0.25) is 0 Å². The highest BCUT2D eigenvalue weighted by Crippen LogP contribution is 2.15. The summed E-state index contributed by atoms with van der Waals surface area (Å²) in [6.45, 7) is 6.77. The Morgan fingerprint density at radius 3 is 2.35 bits per heavy atom. The Hall–Kier alpha value is -0.940. The molecule has 0 aromatic carbocycles. The van der Waals surface area contributed by atoms with Gasteiger partial charge in [0.1, 0.15) is 6.61 Å². The molecule has 0 unspecified atom stereocenters. The lowest BCUT2D eigenvalue weighted by molar-refractivity contribution is -0.169. The predicted molar refractivity (Wildman–Crippen MR) is 62.4 cm³/mol. The van der Waals surface area contributed by atoms with Gasteiger partial charge in [-0.3, -0.25) is 4.79 Å². The molecule has 5 nitrogen and oxygen atoms in total. The lowest BCUT2D eigenvalue weighted by Crippen LogP contribution is -2.34. The van der Waals surface area contributed by atoms with E-state index in [4.69, 9.17) is 4.74 Å². The van der Waals surface area contributed by atoms with E-state index in [2.05, 4.69) is 10.1 Å². The second-order valence-electron chi connectivity index (χ2n) is 5.27. The van der Waals surface area contributed by atoms with E-state index in [1.165, 1.54) is 0 Å². The van der Waals surface area contributed by atoms with Crippen LogP contribution >= 0.6 is 0 Å². The Labute approximate surface area is 102 Å². The van der Waals surface area contributed by atoms with Crippen molar-refractivity contribution in [1.29, 1.82) is 0 Å². The molecular weight excluding hydrogens is 222 g/mol. The predicted octanol–water partition coefficient (Wildman–Crippen LogP) is 0.871. The van der Waals surface area contributed by atoms with Crippen molar-refractivity contribution in [2.45, 2.75) is 39.7 Å². The molecule has 1 rings (SSSR count). The third-order valence-corrected chi connectivity index (χ3v) is 2.54. The van der Waals surface area contributed by atoms with Crippen molar-refractivity contribution in [2.75, 3.05) is 19.7 Å². The molecule has 0 aliphatic carbocycles. The Morgan fingerprint density at radius 1 is 1.24 bits per heavy atom. The number of nitrogens with one attached hydrogen (secondary N) is 1. The molecule has 0 radical (unpaired) electrons. The minimum Gasteiger partial charge on any atom is -0.391 e. The number of hydrogen-bond acceptors (Lipinski definition) is 5. The lowest BCUT2D eigenvalue weighted by atomic mass is 9.97. The van der Waals surface area contributed by atoms with E-state index < -0.39 is 17.4 Å². The van der Waals surface area contributed by atoms with Crippen molar-refractivity contribution in [3.8, 4) is 0 Å². The number of carbonyl (C=O) groups is 2. The van der Waals surface area contributed by atoms with Gasteiger partial charge in [0.15, 0.2) is 0 Å². The van der Waals surface area contributed by atoms with Crippen LogP contribution in [-0.2, 0) is 19.1 Å². The third kappa shape index (κ3) is 5.28. The fourth-order valence-electron chi connectivity index (χ4n) is 1.43. The van der Waals surface area contributed by atoms with Crippen molar-refractivity contribution in [2.24, 2.45) is 5.41 Å². The van der Waals surface area contributed by atoms with E-state index in [0.717, 1.165) is 25.9 Å². The van der Waals surface area contributed by atoms with Crippen LogP contribution in [0.25, 0.3) is 0 Å². The zero-order valence-corrected chi connectivity index (χ0v) is 10.7. The first-order chi connectivity index (χ1) is 7.89. The molecule has 1 heterocycles. The van der Waals surface area contributed by atoms with E-state index in [0.29, 0.717) is 0 Å². The quantitative estimate of drug-likeness (QED) is 0.588. The third-order valence-electron chi connectivity index (χ3n) is 2.54. The topological polar surface area (TPSA) is 64.6 Å². The first-order valence-corrected chi connectivity index (χ1v) is 5.97. The van der Waals surface area contributed by atoms with Gasteiger partial charge in [-0.05, 0) is 46.7 Å². The maximum atomic E-state index is 11.4. The maximum absolute atomic E-state index is 11.4. The molecule has 0 spiro atoms. The van der Waals surface area contributed by atoms with Gasteiger partial charge in [-0.2, -0.15) is 0 Å². The summed E-state index contributed by atoms with van der Waals surface area (Å²) < 4.78 is 10.1. The van der Waals surface area contributed by atoms with E-state index in [9.17, 15) is 9.59 Å². The van der Waals surface area contributed by atoms with Crippen LogP contribution < -0.4 is 5.32 Å². The molecule has 1 fully saturated rings. The molecule has 0 amide bonds. The normalized spacial score (nSPS) is 17.8. The lowest BCUT2D eigenvalue weighted by Gasteiger charge is -2.22. The average molecular weight is 243 g/mol. The SMILES string of the molecule is CC(C)(C)C(=O)OC(=O)COC1CCNCC1. The molecule has 0 aromatic rings. The van der Waals surface area contributed by atoms with Crippen LogP contribution in [0.1, 0.15) is 33.6 Å². The highest BCUT2D eigenvalue weighted by atomic mass is 16.6. The molecule has 17 heavy (non-hydrogen) atoms. The highest BCUT2D eigenvalue weighted by Gasteiger charge is 2.26. The van der Waals surface area contributed by atoms with Crippen molar-refractivity contribution in [1.82, 2.24) is 5.32 Å². The first kappa shape index (κ1) is 14.1. The first-order valence-electron chi connectivity index (χ1n) is 5.97. The second kappa shape index (κ2) is 6.12. The number of hydrogen-bond donors (Lipinski definition) is 1. The summed E-state index contributed by atoms with van der Waals surface area (Å²) in [6, 6.07) is 0. The van der Waals surface area contributed by atoms with Crippen LogP contribution in [-0.4, -0.2) is 37.7 Å². The van der Waals surface area contributed by atoms with Gasteiger partial charge < -0.3 is 14.8 Å². The molecule has 5 heteroatoms. The van der Waals surface area contributed by atoms with Gasteiger partial charge in [-0.25, -0.2) is 4.79 Å². The summed E-state index contributed by atoms with van der Waals surface area (Å²) in [6.07, 6.45) is 1.87. The standard InChI is InChI=1S/C12H21NO4/c1-12(2,3)11(15)17-10(14)8-16-9-4-6-13-7-5-9/h9,13H,4-8H2,1-3H3. The summed E-state index contributed by atoms with van der Waals surface area (Å²) in [5.74, 6) is -1.13. The Balaban J connectivity index is 2.23. The van der Waals surface area contributed by atoms with Gasteiger partial charge in [-0.15, -0.1) is 0 Å². The number of carbonyl (C=O) groups excluding carboxylic acids is 2. The minimum atomic E-state index is -0.662. The maximum Gasteiger partial charge on any atom is 0.339 e. The zero-order valence-electron chi connectivity index (χ0n) is 10.7. The summed E-state index contributed by atoms with van der Waals surface area (Å²) in [4.78, 5) is 22.8. The molecule has 1 aliphatic rings. The molecule has 0 bridgehead atoms. The monoisotopic (exact) mass is 243 g/mol. The van der Waals surface area contributed by atoms with E-state index in [1.54, 1.807) is 20.8 Å². The molecule has 0 saturated carbocycles. The molecule has 0 atom stereocenters. The van der Waals surface area contributed by atoms with Crippen LogP contribution in [0, 0.1) is 5.41 Å². The molecule has 0 aromatic heterocycles. The minimum absolute atomic E-state index is 0.0912. The largest absolute Gasteiger partial charge is 0.391 e.